The number of carbonyl (C=O) groups is 1. The van der Waals surface area contributed by atoms with Crippen LogP contribution in [0.3, 0.4) is 0 Å². The standard InChI is InChI=1S/C10H11N3O/c1-12-5-3-8(7-12)9(14)10-11-4-6-13(10)2/h3-7H,1-2H3. The van der Waals surface area contributed by atoms with Crippen LogP contribution in [0.25, 0.3) is 0 Å². The van der Waals surface area contributed by atoms with Gasteiger partial charge in [0.05, 0.1) is 0 Å². The normalized spacial score (nSPS) is 10.4. The highest BCUT2D eigenvalue weighted by Gasteiger charge is 2.13. The number of hydrogen-bond acceptors (Lipinski definition) is 2. The molecule has 0 saturated heterocycles. The van der Waals surface area contributed by atoms with Crippen molar-refractivity contribution < 1.29 is 4.79 Å². The van der Waals surface area contributed by atoms with Gasteiger partial charge in [-0.1, -0.05) is 0 Å². The third-order valence-electron chi connectivity index (χ3n) is 2.12. The molecule has 0 amide bonds. The second-order valence-corrected chi connectivity index (χ2v) is 3.26. The molecule has 0 aliphatic carbocycles. The summed E-state index contributed by atoms with van der Waals surface area (Å²) in [4.78, 5) is 15.9. The molecule has 0 atom stereocenters. The van der Waals surface area contributed by atoms with E-state index in [1.807, 2.05) is 24.9 Å². The predicted molar refractivity (Wildman–Crippen MR) is 52.1 cm³/mol. The van der Waals surface area contributed by atoms with Gasteiger partial charge in [-0.15, -0.1) is 0 Å². The molecule has 2 heterocycles. The van der Waals surface area contributed by atoms with E-state index in [9.17, 15) is 4.79 Å². The Kier molecular flexibility index (Phi) is 1.96. The summed E-state index contributed by atoms with van der Waals surface area (Å²) in [5, 5.41) is 0. The number of nitrogens with zero attached hydrogens (tertiary/aromatic N) is 3. The van der Waals surface area contributed by atoms with Crippen molar-refractivity contribution in [2.24, 2.45) is 14.1 Å². The summed E-state index contributed by atoms with van der Waals surface area (Å²) in [7, 11) is 3.69. The summed E-state index contributed by atoms with van der Waals surface area (Å²) in [6.45, 7) is 0. The molecule has 0 N–H and O–H groups in total. The average Bonchev–Trinajstić information content (AvgIpc) is 2.73. The van der Waals surface area contributed by atoms with Gasteiger partial charge in [-0.25, -0.2) is 4.98 Å². The lowest BCUT2D eigenvalue weighted by atomic mass is 10.2. The number of rotatable bonds is 2. The highest BCUT2D eigenvalue weighted by molar-refractivity contribution is 6.06. The molecular formula is C10H11N3O. The molecule has 4 nitrogen and oxygen atoms in total. The van der Waals surface area contributed by atoms with Crippen LogP contribution in [0.2, 0.25) is 0 Å². The predicted octanol–water partition coefficient (Wildman–Crippen LogP) is 0.990. The van der Waals surface area contributed by atoms with E-state index in [2.05, 4.69) is 4.98 Å². The van der Waals surface area contributed by atoms with Crippen LogP contribution in [-0.4, -0.2) is 19.9 Å². The number of ketones is 1. The van der Waals surface area contributed by atoms with Gasteiger partial charge >= 0.3 is 0 Å². The van der Waals surface area contributed by atoms with Gasteiger partial charge in [-0.2, -0.15) is 0 Å². The maximum Gasteiger partial charge on any atom is 0.229 e. The quantitative estimate of drug-likeness (QED) is 0.661. The number of carbonyl (C=O) groups excluding carboxylic acids is 1. The number of aromatic nitrogens is 3. The summed E-state index contributed by atoms with van der Waals surface area (Å²) >= 11 is 0. The zero-order valence-corrected chi connectivity index (χ0v) is 8.14. The molecule has 0 aromatic carbocycles. The third-order valence-corrected chi connectivity index (χ3v) is 2.12. The molecule has 0 saturated carbocycles. The molecule has 0 bridgehead atoms. The van der Waals surface area contributed by atoms with Gasteiger partial charge < -0.3 is 9.13 Å². The van der Waals surface area contributed by atoms with E-state index in [1.165, 1.54) is 0 Å². The van der Waals surface area contributed by atoms with E-state index < -0.39 is 0 Å². The second-order valence-electron chi connectivity index (χ2n) is 3.26. The number of imidazole rings is 1. The maximum atomic E-state index is 11.8. The van der Waals surface area contributed by atoms with Crippen LogP contribution >= 0.6 is 0 Å². The maximum absolute atomic E-state index is 11.8. The van der Waals surface area contributed by atoms with Crippen LogP contribution in [0, 0.1) is 0 Å². The Hall–Kier alpha value is -1.84. The average molecular weight is 189 g/mol. The van der Waals surface area contributed by atoms with Crippen molar-refractivity contribution in [1.29, 1.82) is 0 Å². The van der Waals surface area contributed by atoms with Crippen molar-refractivity contribution in [1.82, 2.24) is 14.1 Å². The topological polar surface area (TPSA) is 39.8 Å². The lowest BCUT2D eigenvalue weighted by Gasteiger charge is -1.97. The van der Waals surface area contributed by atoms with Crippen molar-refractivity contribution in [3.63, 3.8) is 0 Å². The highest BCUT2D eigenvalue weighted by Crippen LogP contribution is 2.07. The molecule has 0 aliphatic heterocycles. The van der Waals surface area contributed by atoms with Gasteiger partial charge in [-0.05, 0) is 6.07 Å². The van der Waals surface area contributed by atoms with E-state index in [1.54, 1.807) is 29.2 Å². The summed E-state index contributed by atoms with van der Waals surface area (Å²) < 4.78 is 3.56. The molecular weight excluding hydrogens is 178 g/mol. The minimum atomic E-state index is -0.0434. The Morgan fingerprint density at radius 2 is 2.14 bits per heavy atom. The van der Waals surface area contributed by atoms with Gasteiger partial charge in [0.2, 0.25) is 5.78 Å². The Bertz CT molecular complexity index is 467. The van der Waals surface area contributed by atoms with Gasteiger partial charge in [-0.3, -0.25) is 4.79 Å². The summed E-state index contributed by atoms with van der Waals surface area (Å²) in [6.07, 6.45) is 7.01. The molecule has 2 rings (SSSR count). The smallest absolute Gasteiger partial charge is 0.229 e. The van der Waals surface area contributed by atoms with E-state index in [4.69, 9.17) is 0 Å². The Balaban J connectivity index is 2.38. The molecule has 0 fully saturated rings. The lowest BCUT2D eigenvalue weighted by molar-refractivity contribution is 0.102. The Morgan fingerprint density at radius 3 is 2.64 bits per heavy atom. The molecule has 4 heteroatoms. The van der Waals surface area contributed by atoms with Crippen molar-refractivity contribution in [2.45, 2.75) is 0 Å². The Labute approximate surface area is 81.8 Å². The van der Waals surface area contributed by atoms with Crippen LogP contribution in [0.15, 0.2) is 30.9 Å². The van der Waals surface area contributed by atoms with Crippen molar-refractivity contribution in [2.75, 3.05) is 0 Å². The van der Waals surface area contributed by atoms with Crippen LogP contribution in [0.4, 0.5) is 0 Å². The van der Waals surface area contributed by atoms with Crippen LogP contribution in [0.1, 0.15) is 16.2 Å². The fourth-order valence-corrected chi connectivity index (χ4v) is 1.35. The van der Waals surface area contributed by atoms with Crippen molar-refractivity contribution >= 4 is 5.78 Å². The molecule has 0 unspecified atom stereocenters. The largest absolute Gasteiger partial charge is 0.356 e. The molecule has 0 radical (unpaired) electrons. The van der Waals surface area contributed by atoms with Gasteiger partial charge in [0.15, 0.2) is 5.82 Å². The third kappa shape index (κ3) is 1.35. The van der Waals surface area contributed by atoms with Crippen LogP contribution in [0.5, 0.6) is 0 Å². The first-order chi connectivity index (χ1) is 6.68. The SMILES string of the molecule is Cn1ccc(C(=O)c2nccn2C)c1. The zero-order valence-electron chi connectivity index (χ0n) is 8.14. The van der Waals surface area contributed by atoms with E-state index >= 15 is 0 Å². The molecule has 2 aromatic rings. The highest BCUT2D eigenvalue weighted by atomic mass is 16.1. The lowest BCUT2D eigenvalue weighted by Crippen LogP contribution is -2.07. The first-order valence-corrected chi connectivity index (χ1v) is 4.32. The van der Waals surface area contributed by atoms with Gasteiger partial charge in [0.1, 0.15) is 0 Å². The number of aryl methyl sites for hydroxylation is 2. The molecule has 72 valence electrons. The van der Waals surface area contributed by atoms with Crippen molar-refractivity contribution in [3.05, 3.63) is 42.2 Å². The van der Waals surface area contributed by atoms with E-state index in [0.29, 0.717) is 11.4 Å². The van der Waals surface area contributed by atoms with Gasteiger partial charge in [0.25, 0.3) is 0 Å². The second kappa shape index (κ2) is 3.14. The Morgan fingerprint density at radius 1 is 1.36 bits per heavy atom. The first-order valence-electron chi connectivity index (χ1n) is 4.32. The monoisotopic (exact) mass is 189 g/mol. The minimum absolute atomic E-state index is 0.0434. The van der Waals surface area contributed by atoms with E-state index in [-0.39, 0.29) is 5.78 Å². The first kappa shape index (κ1) is 8.74. The summed E-state index contributed by atoms with van der Waals surface area (Å²) in [6, 6.07) is 1.79. The van der Waals surface area contributed by atoms with E-state index in [0.717, 1.165) is 0 Å². The summed E-state index contributed by atoms with van der Waals surface area (Å²) in [5.41, 5.74) is 0.668. The fraction of sp³-hybridized carbons (Fsp3) is 0.200. The van der Waals surface area contributed by atoms with Gasteiger partial charge in [0, 0.05) is 44.4 Å². The molecule has 0 aliphatic rings. The van der Waals surface area contributed by atoms with Crippen molar-refractivity contribution in [3.8, 4) is 0 Å². The fourth-order valence-electron chi connectivity index (χ4n) is 1.35. The molecule has 14 heavy (non-hydrogen) atoms. The summed E-state index contributed by atoms with van der Waals surface area (Å²) in [5.74, 6) is 0.425. The zero-order chi connectivity index (χ0) is 10.1. The minimum Gasteiger partial charge on any atom is -0.356 e. The molecule has 2 aromatic heterocycles. The van der Waals surface area contributed by atoms with Crippen LogP contribution < -0.4 is 0 Å². The van der Waals surface area contributed by atoms with Crippen LogP contribution in [-0.2, 0) is 14.1 Å². The number of hydrogen-bond donors (Lipinski definition) is 0. The molecule has 0 spiro atoms.